The van der Waals surface area contributed by atoms with E-state index in [1.807, 2.05) is 0 Å². The number of hydrogen-bond donors (Lipinski definition) is 1. The summed E-state index contributed by atoms with van der Waals surface area (Å²) in [6.45, 7) is 0. The molecular formula is C10H7F2N3O. The molecule has 2 N–H and O–H groups in total. The number of hydrogen-bond acceptors (Lipinski definition) is 4. The van der Waals surface area contributed by atoms with E-state index < -0.39 is 11.6 Å². The van der Waals surface area contributed by atoms with Crippen LogP contribution in [0.1, 0.15) is 0 Å². The predicted molar refractivity (Wildman–Crippen MR) is 52.9 cm³/mol. The molecule has 0 bridgehead atoms. The van der Waals surface area contributed by atoms with E-state index >= 15 is 0 Å². The van der Waals surface area contributed by atoms with Crippen LogP contribution < -0.4 is 10.5 Å². The van der Waals surface area contributed by atoms with Gasteiger partial charge >= 0.3 is 0 Å². The van der Waals surface area contributed by atoms with E-state index in [2.05, 4.69) is 9.97 Å². The molecule has 0 spiro atoms. The molecule has 0 saturated carbocycles. The molecule has 1 heterocycles. The van der Waals surface area contributed by atoms with Gasteiger partial charge < -0.3 is 10.5 Å². The Morgan fingerprint density at radius 2 is 1.94 bits per heavy atom. The number of anilines is 1. The van der Waals surface area contributed by atoms with Gasteiger partial charge in [0.1, 0.15) is 5.82 Å². The fraction of sp³-hybridized carbons (Fsp3) is 0. The Bertz CT molecular complexity index is 505. The van der Waals surface area contributed by atoms with E-state index in [1.54, 1.807) is 0 Å². The zero-order valence-corrected chi connectivity index (χ0v) is 8.02. The number of halogens is 2. The summed E-state index contributed by atoms with van der Waals surface area (Å²) in [6.07, 6.45) is 4.10. The lowest BCUT2D eigenvalue weighted by Gasteiger charge is -2.06. The highest BCUT2D eigenvalue weighted by atomic mass is 19.1. The molecule has 0 fully saturated rings. The molecule has 0 aliphatic rings. The van der Waals surface area contributed by atoms with E-state index in [1.165, 1.54) is 18.6 Å². The number of ether oxygens (including phenoxy) is 1. The summed E-state index contributed by atoms with van der Waals surface area (Å²) in [6, 6.07) is 1.71. The second kappa shape index (κ2) is 4.09. The summed E-state index contributed by atoms with van der Waals surface area (Å²) in [7, 11) is 0. The Labute approximate surface area is 89.7 Å². The molecule has 1 aromatic heterocycles. The largest absolute Gasteiger partial charge is 0.434 e. The topological polar surface area (TPSA) is 61.0 Å². The Hall–Kier alpha value is -2.24. The normalized spacial score (nSPS) is 10.1. The summed E-state index contributed by atoms with van der Waals surface area (Å²) in [5.74, 6) is -1.72. The Morgan fingerprint density at radius 3 is 2.62 bits per heavy atom. The van der Waals surface area contributed by atoms with Gasteiger partial charge in [-0.1, -0.05) is 0 Å². The average Bonchev–Trinajstić information content (AvgIpc) is 2.27. The van der Waals surface area contributed by atoms with Crippen LogP contribution in [-0.4, -0.2) is 9.97 Å². The summed E-state index contributed by atoms with van der Waals surface area (Å²) in [4.78, 5) is 7.48. The first kappa shape index (κ1) is 10.3. The van der Waals surface area contributed by atoms with Crippen LogP contribution in [0.3, 0.4) is 0 Å². The van der Waals surface area contributed by atoms with Crippen LogP contribution in [0.5, 0.6) is 11.6 Å². The van der Waals surface area contributed by atoms with Crippen LogP contribution in [0.2, 0.25) is 0 Å². The Balaban J connectivity index is 2.32. The Kier molecular flexibility index (Phi) is 2.63. The highest BCUT2D eigenvalue weighted by molar-refractivity contribution is 5.45. The van der Waals surface area contributed by atoms with Crippen LogP contribution in [0.15, 0.2) is 30.7 Å². The number of nitrogen functional groups attached to an aromatic ring is 1. The molecule has 0 atom stereocenters. The standard InChI is InChI=1S/C10H7F2N3O/c11-6-4-9(7(12)3-8(6)13)16-10-5-14-1-2-15-10/h1-5H,13H2. The second-order valence-electron chi connectivity index (χ2n) is 2.95. The number of aromatic nitrogens is 2. The fourth-order valence-corrected chi connectivity index (χ4v) is 1.07. The minimum absolute atomic E-state index is 0.0746. The average molecular weight is 223 g/mol. The maximum absolute atomic E-state index is 13.3. The van der Waals surface area contributed by atoms with Gasteiger partial charge in [-0.3, -0.25) is 4.98 Å². The van der Waals surface area contributed by atoms with Gasteiger partial charge in [-0.25, -0.2) is 13.8 Å². The van der Waals surface area contributed by atoms with Gasteiger partial charge in [-0.05, 0) is 0 Å². The maximum Gasteiger partial charge on any atom is 0.237 e. The molecule has 4 nitrogen and oxygen atoms in total. The third kappa shape index (κ3) is 2.05. The molecule has 0 amide bonds. The predicted octanol–water partition coefficient (Wildman–Crippen LogP) is 2.13. The lowest BCUT2D eigenvalue weighted by atomic mass is 10.3. The number of rotatable bonds is 2. The van der Waals surface area contributed by atoms with Gasteiger partial charge in [0.05, 0.1) is 11.9 Å². The van der Waals surface area contributed by atoms with Crippen LogP contribution in [-0.2, 0) is 0 Å². The molecule has 1 aromatic carbocycles. The van der Waals surface area contributed by atoms with Crippen molar-refractivity contribution in [3.63, 3.8) is 0 Å². The monoisotopic (exact) mass is 223 g/mol. The van der Waals surface area contributed by atoms with Gasteiger partial charge in [-0.2, -0.15) is 0 Å². The summed E-state index contributed by atoms with van der Waals surface area (Å²) in [5.41, 5.74) is 4.91. The lowest BCUT2D eigenvalue weighted by molar-refractivity contribution is 0.421. The zero-order chi connectivity index (χ0) is 11.5. The molecule has 0 aliphatic heterocycles. The van der Waals surface area contributed by atoms with E-state index in [9.17, 15) is 8.78 Å². The fourth-order valence-electron chi connectivity index (χ4n) is 1.07. The van der Waals surface area contributed by atoms with E-state index in [4.69, 9.17) is 10.5 Å². The summed E-state index contributed by atoms with van der Waals surface area (Å²) < 4.78 is 31.4. The molecular weight excluding hydrogens is 216 g/mol. The van der Waals surface area contributed by atoms with Gasteiger partial charge in [0.25, 0.3) is 0 Å². The highest BCUT2D eigenvalue weighted by Crippen LogP contribution is 2.26. The van der Waals surface area contributed by atoms with Crippen molar-refractivity contribution in [1.29, 1.82) is 0 Å². The van der Waals surface area contributed by atoms with Crippen molar-refractivity contribution in [2.24, 2.45) is 0 Å². The van der Waals surface area contributed by atoms with Gasteiger partial charge in [0, 0.05) is 24.5 Å². The number of benzene rings is 1. The van der Waals surface area contributed by atoms with Gasteiger partial charge in [0.2, 0.25) is 5.88 Å². The quantitative estimate of drug-likeness (QED) is 0.792. The third-order valence-corrected chi connectivity index (χ3v) is 1.81. The third-order valence-electron chi connectivity index (χ3n) is 1.81. The Morgan fingerprint density at radius 1 is 1.12 bits per heavy atom. The minimum Gasteiger partial charge on any atom is -0.434 e. The van der Waals surface area contributed by atoms with E-state index in [-0.39, 0.29) is 17.3 Å². The van der Waals surface area contributed by atoms with Crippen molar-refractivity contribution < 1.29 is 13.5 Å². The van der Waals surface area contributed by atoms with E-state index in [0.717, 1.165) is 12.1 Å². The molecule has 2 aromatic rings. The van der Waals surface area contributed by atoms with Crippen molar-refractivity contribution in [3.8, 4) is 11.6 Å². The van der Waals surface area contributed by atoms with Crippen LogP contribution in [0.25, 0.3) is 0 Å². The molecule has 82 valence electrons. The van der Waals surface area contributed by atoms with Crippen LogP contribution in [0, 0.1) is 11.6 Å². The number of nitrogens with zero attached hydrogens (tertiary/aromatic N) is 2. The summed E-state index contributed by atoms with van der Waals surface area (Å²) in [5, 5.41) is 0. The molecule has 0 unspecified atom stereocenters. The zero-order valence-electron chi connectivity index (χ0n) is 8.02. The van der Waals surface area contributed by atoms with Crippen molar-refractivity contribution in [2.75, 3.05) is 5.73 Å². The van der Waals surface area contributed by atoms with Gasteiger partial charge in [0.15, 0.2) is 11.6 Å². The van der Waals surface area contributed by atoms with Gasteiger partial charge in [-0.15, -0.1) is 0 Å². The van der Waals surface area contributed by atoms with Crippen LogP contribution >= 0.6 is 0 Å². The molecule has 0 saturated heterocycles. The molecule has 2 rings (SSSR count). The number of nitrogens with two attached hydrogens (primary N) is 1. The van der Waals surface area contributed by atoms with Crippen molar-refractivity contribution in [3.05, 3.63) is 42.4 Å². The lowest BCUT2D eigenvalue weighted by Crippen LogP contribution is -1.96. The first-order valence-electron chi connectivity index (χ1n) is 4.35. The highest BCUT2D eigenvalue weighted by Gasteiger charge is 2.10. The molecule has 16 heavy (non-hydrogen) atoms. The van der Waals surface area contributed by atoms with Crippen molar-refractivity contribution in [1.82, 2.24) is 9.97 Å². The minimum atomic E-state index is -0.760. The molecule has 0 aliphatic carbocycles. The smallest absolute Gasteiger partial charge is 0.237 e. The van der Waals surface area contributed by atoms with Crippen molar-refractivity contribution >= 4 is 5.69 Å². The SMILES string of the molecule is Nc1cc(F)c(Oc2cnccn2)cc1F. The van der Waals surface area contributed by atoms with E-state index in [0.29, 0.717) is 0 Å². The molecule has 6 heteroatoms. The van der Waals surface area contributed by atoms with Crippen LogP contribution in [0.4, 0.5) is 14.5 Å². The first-order chi connectivity index (χ1) is 7.66. The van der Waals surface area contributed by atoms with Crippen molar-refractivity contribution in [2.45, 2.75) is 0 Å². The molecule has 0 radical (unpaired) electrons. The first-order valence-corrected chi connectivity index (χ1v) is 4.35. The maximum atomic E-state index is 13.3. The second-order valence-corrected chi connectivity index (χ2v) is 2.95. The summed E-state index contributed by atoms with van der Waals surface area (Å²) >= 11 is 0.